The maximum Gasteiger partial charge on any atom is 0.573 e. The van der Waals surface area contributed by atoms with Crippen LogP contribution in [0.1, 0.15) is 12.5 Å². The van der Waals surface area contributed by atoms with E-state index in [4.69, 9.17) is 4.74 Å². The Hall–Kier alpha value is -1.51. The summed E-state index contributed by atoms with van der Waals surface area (Å²) in [5.41, 5.74) is 0.282. The molecular weight excluding hydrogens is 349 g/mol. The summed E-state index contributed by atoms with van der Waals surface area (Å²) >= 11 is 0. The minimum Gasteiger partial charge on any atom is -0.405 e. The maximum atomic E-state index is 12.4. The van der Waals surface area contributed by atoms with Crippen LogP contribution in [0.5, 0.6) is 5.75 Å². The molecule has 1 fully saturated rings. The lowest BCUT2D eigenvalue weighted by molar-refractivity contribution is -0.275. The minimum absolute atomic E-state index is 0. The van der Waals surface area contributed by atoms with Gasteiger partial charge in [0.1, 0.15) is 11.8 Å². The first-order chi connectivity index (χ1) is 10.8. The molecule has 2 rings (SSSR count). The van der Waals surface area contributed by atoms with E-state index in [1.165, 1.54) is 30.1 Å². The van der Waals surface area contributed by atoms with Crippen molar-refractivity contribution in [3.8, 4) is 5.75 Å². The van der Waals surface area contributed by atoms with Crippen molar-refractivity contribution in [1.29, 1.82) is 0 Å². The van der Waals surface area contributed by atoms with Crippen molar-refractivity contribution in [2.75, 3.05) is 20.2 Å². The first-order valence-corrected chi connectivity index (χ1v) is 7.21. The van der Waals surface area contributed by atoms with Crippen LogP contribution in [0.2, 0.25) is 0 Å². The number of carbonyl (C=O) groups excluding carboxylic acids is 1. The summed E-state index contributed by atoms with van der Waals surface area (Å²) in [5, 5.41) is 3.06. The Morgan fingerprint density at radius 1 is 1.42 bits per heavy atom. The van der Waals surface area contributed by atoms with Crippen LogP contribution in [0.4, 0.5) is 13.2 Å². The Kier molecular flexibility index (Phi) is 7.31. The van der Waals surface area contributed by atoms with Gasteiger partial charge in [-0.25, -0.2) is 0 Å². The largest absolute Gasteiger partial charge is 0.573 e. The Morgan fingerprint density at radius 3 is 2.71 bits per heavy atom. The average Bonchev–Trinajstić information content (AvgIpc) is 2.47. The predicted octanol–water partition coefficient (Wildman–Crippen LogP) is 2.34. The van der Waals surface area contributed by atoms with Crippen LogP contribution >= 0.6 is 12.4 Å². The fraction of sp³-hybridized carbons (Fsp3) is 0.533. The lowest BCUT2D eigenvalue weighted by Crippen LogP contribution is -2.55. The number of nitrogens with zero attached hydrogens (tertiary/aromatic N) is 1. The van der Waals surface area contributed by atoms with Gasteiger partial charge in [0.25, 0.3) is 0 Å². The third kappa shape index (κ3) is 5.54. The number of nitrogens with one attached hydrogen (secondary N) is 1. The molecule has 9 heteroatoms. The second-order valence-corrected chi connectivity index (χ2v) is 5.36. The van der Waals surface area contributed by atoms with Gasteiger partial charge in [-0.2, -0.15) is 0 Å². The molecule has 0 bridgehead atoms. The van der Waals surface area contributed by atoms with Gasteiger partial charge < -0.3 is 19.7 Å². The fourth-order valence-electron chi connectivity index (χ4n) is 2.44. The van der Waals surface area contributed by atoms with Crippen molar-refractivity contribution >= 4 is 18.3 Å². The first-order valence-electron chi connectivity index (χ1n) is 7.21. The molecule has 0 spiro atoms. The van der Waals surface area contributed by atoms with Crippen molar-refractivity contribution in [1.82, 2.24) is 10.2 Å². The van der Waals surface area contributed by atoms with Gasteiger partial charge in [-0.15, -0.1) is 25.6 Å². The van der Waals surface area contributed by atoms with Gasteiger partial charge in [0.15, 0.2) is 0 Å². The molecule has 2 atom stereocenters. The Labute approximate surface area is 144 Å². The van der Waals surface area contributed by atoms with E-state index in [0.717, 1.165) is 0 Å². The summed E-state index contributed by atoms with van der Waals surface area (Å²) in [7, 11) is 1.54. The quantitative estimate of drug-likeness (QED) is 0.886. The molecule has 1 aliphatic heterocycles. The first kappa shape index (κ1) is 20.5. The maximum absolute atomic E-state index is 12.4. The number of carbonyl (C=O) groups is 1. The van der Waals surface area contributed by atoms with Crippen molar-refractivity contribution in [2.24, 2.45) is 0 Å². The second kappa shape index (κ2) is 8.55. The molecule has 136 valence electrons. The highest BCUT2D eigenvalue weighted by Gasteiger charge is 2.33. The van der Waals surface area contributed by atoms with E-state index in [1.54, 1.807) is 13.0 Å². The Bertz CT molecular complexity index is 557. The van der Waals surface area contributed by atoms with Crippen LogP contribution < -0.4 is 10.1 Å². The number of likely N-dealkylation sites (N-methyl/N-ethyl adjacent to an activating group) is 1. The van der Waals surface area contributed by atoms with Gasteiger partial charge in [-0.3, -0.25) is 4.79 Å². The normalized spacial score (nSPS) is 20.9. The van der Waals surface area contributed by atoms with Crippen LogP contribution in [-0.4, -0.2) is 49.5 Å². The molecule has 0 aromatic heterocycles. The molecule has 1 aromatic rings. The molecule has 1 amide bonds. The number of halogens is 4. The zero-order valence-corrected chi connectivity index (χ0v) is 14.1. The standard InChI is InChI=1S/C15H19F3N2O3.ClH/c1-10-13(19-7-8-22-10)14(21)20(2)9-11-5-3-4-6-12(11)23-15(16,17)18;/h3-6,10,13,19H,7-9H2,1-2H3;1H/t10-,13+;/m1./s1. The van der Waals surface area contributed by atoms with E-state index in [-0.39, 0.29) is 42.3 Å². The highest BCUT2D eigenvalue weighted by atomic mass is 35.5. The molecule has 1 N–H and O–H groups in total. The molecular formula is C15H20ClF3N2O3. The number of amides is 1. The third-order valence-corrected chi connectivity index (χ3v) is 3.56. The summed E-state index contributed by atoms with van der Waals surface area (Å²) in [6.07, 6.45) is -5.06. The molecule has 5 nitrogen and oxygen atoms in total. The topological polar surface area (TPSA) is 50.8 Å². The van der Waals surface area contributed by atoms with Crippen LogP contribution in [-0.2, 0) is 16.1 Å². The average molecular weight is 369 g/mol. The smallest absolute Gasteiger partial charge is 0.405 e. The number of hydrogen-bond acceptors (Lipinski definition) is 4. The lowest BCUT2D eigenvalue weighted by Gasteiger charge is -2.32. The summed E-state index contributed by atoms with van der Waals surface area (Å²) in [5.74, 6) is -0.542. The number of hydrogen-bond donors (Lipinski definition) is 1. The molecule has 1 aromatic carbocycles. The zero-order chi connectivity index (χ0) is 17.0. The van der Waals surface area contributed by atoms with Crippen molar-refractivity contribution in [3.63, 3.8) is 0 Å². The minimum atomic E-state index is -4.77. The number of ether oxygens (including phenoxy) is 2. The highest BCUT2D eigenvalue weighted by Crippen LogP contribution is 2.27. The highest BCUT2D eigenvalue weighted by molar-refractivity contribution is 5.85. The molecule has 24 heavy (non-hydrogen) atoms. The fourth-order valence-corrected chi connectivity index (χ4v) is 2.44. The van der Waals surface area contributed by atoms with Gasteiger partial charge in [0.05, 0.1) is 12.7 Å². The number of para-hydroxylation sites is 1. The SMILES string of the molecule is C[C@H]1OCCN[C@@H]1C(=O)N(C)Cc1ccccc1OC(F)(F)F.Cl. The summed E-state index contributed by atoms with van der Waals surface area (Å²) in [4.78, 5) is 13.8. The number of benzene rings is 1. The monoisotopic (exact) mass is 368 g/mol. The summed E-state index contributed by atoms with van der Waals surface area (Å²) < 4.78 is 46.7. The summed E-state index contributed by atoms with van der Waals surface area (Å²) in [6, 6.07) is 5.27. The summed E-state index contributed by atoms with van der Waals surface area (Å²) in [6.45, 7) is 2.87. The van der Waals surface area contributed by atoms with Crippen LogP contribution in [0.15, 0.2) is 24.3 Å². The Morgan fingerprint density at radius 2 is 2.08 bits per heavy atom. The van der Waals surface area contributed by atoms with Gasteiger partial charge in [0.2, 0.25) is 5.91 Å². The molecule has 0 aliphatic carbocycles. The second-order valence-electron chi connectivity index (χ2n) is 5.36. The third-order valence-electron chi connectivity index (χ3n) is 3.56. The van der Waals surface area contributed by atoms with E-state index >= 15 is 0 Å². The van der Waals surface area contributed by atoms with Gasteiger partial charge in [0, 0.05) is 25.7 Å². The number of rotatable bonds is 4. The van der Waals surface area contributed by atoms with Gasteiger partial charge in [-0.05, 0) is 13.0 Å². The van der Waals surface area contributed by atoms with Gasteiger partial charge in [-0.1, -0.05) is 18.2 Å². The van der Waals surface area contributed by atoms with Gasteiger partial charge >= 0.3 is 6.36 Å². The zero-order valence-electron chi connectivity index (χ0n) is 13.3. The van der Waals surface area contributed by atoms with E-state index in [0.29, 0.717) is 13.2 Å². The molecule has 1 aliphatic rings. The van der Waals surface area contributed by atoms with Crippen LogP contribution in [0.3, 0.4) is 0 Å². The number of morpholine rings is 1. The van der Waals surface area contributed by atoms with Crippen molar-refractivity contribution in [2.45, 2.75) is 32.0 Å². The van der Waals surface area contributed by atoms with E-state index in [2.05, 4.69) is 10.1 Å². The van der Waals surface area contributed by atoms with Crippen molar-refractivity contribution in [3.05, 3.63) is 29.8 Å². The van der Waals surface area contributed by atoms with Crippen molar-refractivity contribution < 1.29 is 27.4 Å². The van der Waals surface area contributed by atoms with Crippen LogP contribution in [0.25, 0.3) is 0 Å². The van der Waals surface area contributed by atoms with E-state index < -0.39 is 12.4 Å². The molecule has 1 heterocycles. The van der Waals surface area contributed by atoms with Crippen LogP contribution in [0, 0.1) is 0 Å². The molecule has 0 saturated carbocycles. The lowest BCUT2D eigenvalue weighted by atomic mass is 10.1. The number of alkyl halides is 3. The Balaban J connectivity index is 0.00000288. The van der Waals surface area contributed by atoms with E-state index in [9.17, 15) is 18.0 Å². The molecule has 1 saturated heterocycles. The van der Waals surface area contributed by atoms with E-state index in [1.807, 2.05) is 0 Å². The predicted molar refractivity (Wildman–Crippen MR) is 84.1 cm³/mol. The molecule has 0 unspecified atom stereocenters. The molecule has 0 radical (unpaired) electrons.